The lowest BCUT2D eigenvalue weighted by molar-refractivity contribution is -0.132. The lowest BCUT2D eigenvalue weighted by Gasteiger charge is -2.24. The molecule has 0 saturated carbocycles. The first-order chi connectivity index (χ1) is 9.58. The third-order valence-electron chi connectivity index (χ3n) is 4.12. The minimum atomic E-state index is 0.222. The van der Waals surface area contributed by atoms with E-state index in [1.165, 1.54) is 5.56 Å². The third-order valence-corrected chi connectivity index (χ3v) is 4.12. The summed E-state index contributed by atoms with van der Waals surface area (Å²) in [6.45, 7) is 6.35. The molecule has 2 rings (SSSR count). The summed E-state index contributed by atoms with van der Waals surface area (Å²) < 4.78 is 5.43. The van der Waals surface area contributed by atoms with Crippen molar-refractivity contribution in [2.24, 2.45) is 5.92 Å². The number of ether oxygens (including phenoxy) is 1. The number of rotatable bonds is 5. The maximum absolute atomic E-state index is 12.2. The number of H-pyrrole nitrogens is 1. The number of hydrogen-bond acceptors (Lipinski definition) is 3. The second kappa shape index (κ2) is 6.88. The zero-order valence-corrected chi connectivity index (χ0v) is 12.7. The molecule has 2 heterocycles. The molecule has 0 aromatic carbocycles. The summed E-state index contributed by atoms with van der Waals surface area (Å²) in [7, 11) is 1.89. The number of hydrogen-bond donors (Lipinski definition) is 1. The molecule has 20 heavy (non-hydrogen) atoms. The highest BCUT2D eigenvalue weighted by Gasteiger charge is 2.20. The van der Waals surface area contributed by atoms with Gasteiger partial charge in [-0.1, -0.05) is 0 Å². The first-order valence-corrected chi connectivity index (χ1v) is 7.40. The van der Waals surface area contributed by atoms with Crippen LogP contribution in [0.4, 0.5) is 0 Å². The molecule has 1 aromatic rings. The van der Waals surface area contributed by atoms with Crippen LogP contribution < -0.4 is 0 Å². The average Bonchev–Trinajstić information content (AvgIpc) is 2.76. The van der Waals surface area contributed by atoms with Crippen molar-refractivity contribution in [1.82, 2.24) is 15.1 Å². The fourth-order valence-electron chi connectivity index (χ4n) is 2.72. The Morgan fingerprint density at radius 2 is 2.30 bits per heavy atom. The second-order valence-corrected chi connectivity index (χ2v) is 5.77. The van der Waals surface area contributed by atoms with E-state index in [2.05, 4.69) is 10.2 Å². The number of nitrogens with one attached hydrogen (secondary N) is 1. The number of carbonyl (C=O) groups is 1. The van der Waals surface area contributed by atoms with Crippen molar-refractivity contribution in [3.05, 3.63) is 17.0 Å². The Hall–Kier alpha value is -1.36. The summed E-state index contributed by atoms with van der Waals surface area (Å²) in [6, 6.07) is 0. The molecule has 0 spiro atoms. The van der Waals surface area contributed by atoms with E-state index in [4.69, 9.17) is 4.74 Å². The molecule has 1 aliphatic heterocycles. The summed E-state index contributed by atoms with van der Waals surface area (Å²) in [5, 5.41) is 7.17. The molecule has 1 unspecified atom stereocenters. The molecule has 0 bridgehead atoms. The van der Waals surface area contributed by atoms with E-state index >= 15 is 0 Å². The van der Waals surface area contributed by atoms with Crippen molar-refractivity contribution >= 4 is 5.91 Å². The van der Waals surface area contributed by atoms with E-state index < -0.39 is 0 Å². The van der Waals surface area contributed by atoms with Gasteiger partial charge in [-0.2, -0.15) is 5.10 Å². The number of carbonyl (C=O) groups excluding carboxylic acids is 1. The number of amides is 1. The van der Waals surface area contributed by atoms with Gasteiger partial charge in [-0.3, -0.25) is 9.89 Å². The van der Waals surface area contributed by atoms with Crippen LogP contribution >= 0.6 is 0 Å². The van der Waals surface area contributed by atoms with Crippen LogP contribution in [0.1, 0.15) is 36.2 Å². The fourth-order valence-corrected chi connectivity index (χ4v) is 2.72. The average molecular weight is 279 g/mol. The van der Waals surface area contributed by atoms with Gasteiger partial charge in [0.2, 0.25) is 5.91 Å². The number of aromatic nitrogens is 2. The van der Waals surface area contributed by atoms with Crippen LogP contribution in [-0.2, 0) is 16.0 Å². The van der Waals surface area contributed by atoms with E-state index in [0.29, 0.717) is 12.3 Å². The number of nitrogens with zero attached hydrogens (tertiary/aromatic N) is 2. The summed E-state index contributed by atoms with van der Waals surface area (Å²) in [6.07, 6.45) is 3.66. The highest BCUT2D eigenvalue weighted by atomic mass is 16.5. The van der Waals surface area contributed by atoms with Gasteiger partial charge in [0.05, 0.1) is 5.69 Å². The van der Waals surface area contributed by atoms with E-state index in [9.17, 15) is 4.79 Å². The zero-order valence-electron chi connectivity index (χ0n) is 12.7. The lowest BCUT2D eigenvalue weighted by Crippen LogP contribution is -2.32. The van der Waals surface area contributed by atoms with Crippen LogP contribution in [0.2, 0.25) is 0 Å². The van der Waals surface area contributed by atoms with E-state index in [1.807, 2.05) is 25.8 Å². The van der Waals surface area contributed by atoms with Crippen LogP contribution in [0.3, 0.4) is 0 Å². The minimum absolute atomic E-state index is 0.222. The molecule has 1 N–H and O–H groups in total. The summed E-state index contributed by atoms with van der Waals surface area (Å²) in [5.41, 5.74) is 3.36. The van der Waals surface area contributed by atoms with E-state index in [-0.39, 0.29) is 5.91 Å². The summed E-state index contributed by atoms with van der Waals surface area (Å²) in [4.78, 5) is 14.0. The van der Waals surface area contributed by atoms with Crippen LogP contribution in [0.25, 0.3) is 0 Å². The van der Waals surface area contributed by atoms with Crippen molar-refractivity contribution in [2.45, 2.75) is 39.5 Å². The van der Waals surface area contributed by atoms with Crippen molar-refractivity contribution in [3.63, 3.8) is 0 Å². The van der Waals surface area contributed by atoms with Gasteiger partial charge < -0.3 is 9.64 Å². The van der Waals surface area contributed by atoms with E-state index in [1.54, 1.807) is 0 Å². The standard InChI is InChI=1S/C15H25N3O2/c1-11-14(12(2)17-16-11)6-7-18(3)15(19)9-13-5-4-8-20-10-13/h13H,4-10H2,1-3H3,(H,16,17). The van der Waals surface area contributed by atoms with Gasteiger partial charge in [-0.05, 0) is 44.6 Å². The molecule has 0 radical (unpaired) electrons. The molecule has 0 aliphatic carbocycles. The van der Waals surface area contributed by atoms with Gasteiger partial charge in [-0.25, -0.2) is 0 Å². The highest BCUT2D eigenvalue weighted by molar-refractivity contribution is 5.76. The highest BCUT2D eigenvalue weighted by Crippen LogP contribution is 2.18. The van der Waals surface area contributed by atoms with Crippen molar-refractivity contribution < 1.29 is 9.53 Å². The maximum Gasteiger partial charge on any atom is 0.222 e. The van der Waals surface area contributed by atoms with Crippen LogP contribution in [0, 0.1) is 19.8 Å². The van der Waals surface area contributed by atoms with Crippen LogP contribution in [-0.4, -0.2) is 47.8 Å². The molecule has 5 heteroatoms. The Balaban J connectivity index is 1.79. The number of aryl methyl sites for hydroxylation is 2. The molecule has 1 aliphatic rings. The summed E-state index contributed by atoms with van der Waals surface area (Å²) in [5.74, 6) is 0.621. The maximum atomic E-state index is 12.2. The molecule has 1 atom stereocenters. The molecule has 112 valence electrons. The van der Waals surface area contributed by atoms with Crippen molar-refractivity contribution in [2.75, 3.05) is 26.8 Å². The predicted molar refractivity (Wildman–Crippen MR) is 77.6 cm³/mol. The summed E-state index contributed by atoms with van der Waals surface area (Å²) >= 11 is 0. The second-order valence-electron chi connectivity index (χ2n) is 5.77. The molecular formula is C15H25N3O2. The van der Waals surface area contributed by atoms with E-state index in [0.717, 1.165) is 50.4 Å². The Labute approximate surface area is 120 Å². The van der Waals surface area contributed by atoms with Crippen LogP contribution in [0.15, 0.2) is 0 Å². The normalized spacial score (nSPS) is 19.1. The fraction of sp³-hybridized carbons (Fsp3) is 0.733. The lowest BCUT2D eigenvalue weighted by atomic mass is 9.98. The quantitative estimate of drug-likeness (QED) is 0.895. The topological polar surface area (TPSA) is 58.2 Å². The Morgan fingerprint density at radius 3 is 2.90 bits per heavy atom. The number of likely N-dealkylation sites (N-methyl/N-ethyl adjacent to an activating group) is 1. The number of aromatic amines is 1. The third kappa shape index (κ3) is 3.82. The van der Waals surface area contributed by atoms with Crippen LogP contribution in [0.5, 0.6) is 0 Å². The zero-order chi connectivity index (χ0) is 14.5. The van der Waals surface area contributed by atoms with Crippen molar-refractivity contribution in [1.29, 1.82) is 0 Å². The van der Waals surface area contributed by atoms with Gasteiger partial charge in [0.25, 0.3) is 0 Å². The molecule has 1 aromatic heterocycles. The van der Waals surface area contributed by atoms with Gasteiger partial charge in [0.1, 0.15) is 0 Å². The van der Waals surface area contributed by atoms with Crippen molar-refractivity contribution in [3.8, 4) is 0 Å². The molecule has 5 nitrogen and oxygen atoms in total. The smallest absolute Gasteiger partial charge is 0.222 e. The SMILES string of the molecule is Cc1n[nH]c(C)c1CCN(C)C(=O)CC1CCCOC1. The van der Waals surface area contributed by atoms with Gasteiger partial charge in [0.15, 0.2) is 0 Å². The Kier molecular flexibility index (Phi) is 5.17. The molecule has 1 saturated heterocycles. The van der Waals surface area contributed by atoms with Gasteiger partial charge in [-0.15, -0.1) is 0 Å². The van der Waals surface area contributed by atoms with Gasteiger partial charge >= 0.3 is 0 Å². The largest absolute Gasteiger partial charge is 0.381 e. The predicted octanol–water partition coefficient (Wildman–Crippen LogP) is 1.84. The first kappa shape index (κ1) is 15.0. The Bertz CT molecular complexity index is 430. The first-order valence-electron chi connectivity index (χ1n) is 7.40. The monoisotopic (exact) mass is 279 g/mol. The molecular weight excluding hydrogens is 254 g/mol. The molecule has 1 amide bonds. The minimum Gasteiger partial charge on any atom is -0.381 e. The Morgan fingerprint density at radius 1 is 1.50 bits per heavy atom. The molecule has 1 fully saturated rings. The van der Waals surface area contributed by atoms with Gasteiger partial charge in [0, 0.05) is 38.9 Å².